The van der Waals surface area contributed by atoms with E-state index in [1.54, 1.807) is 18.3 Å². The summed E-state index contributed by atoms with van der Waals surface area (Å²) in [5.74, 6) is 0.590. The molecular weight excluding hydrogens is 272 g/mol. The molecule has 0 bridgehead atoms. The zero-order chi connectivity index (χ0) is 14.9. The predicted molar refractivity (Wildman–Crippen MR) is 82.0 cm³/mol. The highest BCUT2D eigenvalue weighted by Gasteiger charge is 2.20. The molecule has 2 amide bonds. The minimum atomic E-state index is -0.838. The molecule has 3 N–H and O–H groups in total. The fourth-order valence-electron chi connectivity index (χ4n) is 2.34. The molecule has 108 valence electrons. The fraction of sp³-hybridized carbons (Fsp3) is 0.400. The van der Waals surface area contributed by atoms with E-state index in [4.69, 9.17) is 5.73 Å². The molecule has 1 unspecified atom stereocenters. The van der Waals surface area contributed by atoms with Crippen LogP contribution in [0.2, 0.25) is 0 Å². The number of benzene rings is 1. The van der Waals surface area contributed by atoms with Gasteiger partial charge in [-0.2, -0.15) is 5.06 Å². The van der Waals surface area contributed by atoms with Crippen molar-refractivity contribution in [3.63, 3.8) is 0 Å². The van der Waals surface area contributed by atoms with Gasteiger partial charge in [-0.3, -0.25) is 5.21 Å². The SMILES string of the molecule is CC(C)Cc1ccc2scc(C(C)N(O)C(N)=O)c2c1. The van der Waals surface area contributed by atoms with Gasteiger partial charge in [-0.15, -0.1) is 11.3 Å². The van der Waals surface area contributed by atoms with Crippen LogP contribution < -0.4 is 5.73 Å². The van der Waals surface area contributed by atoms with Gasteiger partial charge in [0, 0.05) is 4.70 Å². The van der Waals surface area contributed by atoms with Crippen LogP contribution >= 0.6 is 11.3 Å². The zero-order valence-corrected chi connectivity index (χ0v) is 12.8. The van der Waals surface area contributed by atoms with Crippen LogP contribution in [0, 0.1) is 5.92 Å². The van der Waals surface area contributed by atoms with Gasteiger partial charge in [-0.05, 0) is 53.3 Å². The lowest BCUT2D eigenvalue weighted by Crippen LogP contribution is -2.34. The molecule has 0 saturated heterocycles. The van der Waals surface area contributed by atoms with Crippen LogP contribution in [0.4, 0.5) is 4.79 Å². The number of fused-ring (bicyclic) bond motifs is 1. The molecule has 5 heteroatoms. The first-order valence-electron chi connectivity index (χ1n) is 6.67. The average molecular weight is 292 g/mol. The van der Waals surface area contributed by atoms with E-state index >= 15 is 0 Å². The number of nitrogens with two attached hydrogens (primary N) is 1. The van der Waals surface area contributed by atoms with Crippen LogP contribution in [-0.2, 0) is 6.42 Å². The largest absolute Gasteiger partial charge is 0.350 e. The highest BCUT2D eigenvalue weighted by Crippen LogP contribution is 2.33. The van der Waals surface area contributed by atoms with Crippen LogP contribution in [0.1, 0.15) is 37.9 Å². The molecule has 1 aromatic carbocycles. The highest BCUT2D eigenvalue weighted by atomic mass is 32.1. The standard InChI is InChI=1S/C15H20N2O2S/c1-9(2)6-11-4-5-14-12(7-11)13(8-20-14)10(3)17(19)15(16)18/h4-5,7-10,19H,6H2,1-3H3,(H2,16,18). The number of thiophene rings is 1. The van der Waals surface area contributed by atoms with E-state index in [-0.39, 0.29) is 0 Å². The number of rotatable bonds is 4. The summed E-state index contributed by atoms with van der Waals surface area (Å²) in [7, 11) is 0. The average Bonchev–Trinajstić information content (AvgIpc) is 2.79. The van der Waals surface area contributed by atoms with Crippen molar-refractivity contribution >= 4 is 27.5 Å². The van der Waals surface area contributed by atoms with Crippen LogP contribution in [-0.4, -0.2) is 16.3 Å². The van der Waals surface area contributed by atoms with Crippen molar-refractivity contribution < 1.29 is 10.0 Å². The van der Waals surface area contributed by atoms with Gasteiger partial charge in [0.2, 0.25) is 0 Å². The Balaban J connectivity index is 2.41. The fourth-order valence-corrected chi connectivity index (χ4v) is 3.37. The van der Waals surface area contributed by atoms with E-state index in [9.17, 15) is 10.0 Å². The summed E-state index contributed by atoms with van der Waals surface area (Å²) < 4.78 is 1.15. The zero-order valence-electron chi connectivity index (χ0n) is 12.0. The first-order chi connectivity index (χ1) is 9.40. The number of nitrogens with zero attached hydrogens (tertiary/aromatic N) is 1. The number of carbonyl (C=O) groups excluding carboxylic acids is 1. The predicted octanol–water partition coefficient (Wildman–Crippen LogP) is 3.93. The molecule has 0 radical (unpaired) electrons. The second-order valence-corrected chi connectivity index (χ2v) is 6.39. The molecule has 0 aliphatic rings. The van der Waals surface area contributed by atoms with Crippen molar-refractivity contribution in [3.8, 4) is 0 Å². The topological polar surface area (TPSA) is 66.6 Å². The molecule has 0 fully saturated rings. The van der Waals surface area contributed by atoms with Crippen LogP contribution in [0.15, 0.2) is 23.6 Å². The Morgan fingerprint density at radius 1 is 1.40 bits per heavy atom. The van der Waals surface area contributed by atoms with E-state index in [0.29, 0.717) is 11.0 Å². The number of urea groups is 1. The smallest absolute Gasteiger partial charge is 0.339 e. The van der Waals surface area contributed by atoms with E-state index < -0.39 is 12.1 Å². The third-order valence-corrected chi connectivity index (χ3v) is 4.34. The van der Waals surface area contributed by atoms with E-state index in [1.807, 2.05) is 5.38 Å². The first-order valence-corrected chi connectivity index (χ1v) is 7.55. The molecular formula is C15H20N2O2S. The molecule has 0 aliphatic carbocycles. The minimum Gasteiger partial charge on any atom is -0.350 e. The van der Waals surface area contributed by atoms with Crippen molar-refractivity contribution in [2.75, 3.05) is 0 Å². The molecule has 0 spiro atoms. The summed E-state index contributed by atoms with van der Waals surface area (Å²) in [6.07, 6.45) is 1.01. The van der Waals surface area contributed by atoms with Gasteiger partial charge in [0.05, 0.1) is 6.04 Å². The normalized spacial score (nSPS) is 12.8. The number of hydroxylamine groups is 2. The monoisotopic (exact) mass is 292 g/mol. The maximum absolute atomic E-state index is 11.1. The lowest BCUT2D eigenvalue weighted by Gasteiger charge is -2.20. The van der Waals surface area contributed by atoms with Gasteiger partial charge in [-0.25, -0.2) is 4.79 Å². The van der Waals surface area contributed by atoms with Gasteiger partial charge in [0.15, 0.2) is 0 Å². The number of primary amides is 1. The van der Waals surface area contributed by atoms with Crippen molar-refractivity contribution in [2.45, 2.75) is 33.2 Å². The number of amides is 2. The van der Waals surface area contributed by atoms with Crippen molar-refractivity contribution in [3.05, 3.63) is 34.7 Å². The van der Waals surface area contributed by atoms with Crippen LogP contribution in [0.3, 0.4) is 0 Å². The van der Waals surface area contributed by atoms with Crippen molar-refractivity contribution in [1.82, 2.24) is 5.06 Å². The number of hydrogen-bond acceptors (Lipinski definition) is 3. The Labute approximate surface area is 122 Å². The van der Waals surface area contributed by atoms with E-state index in [1.165, 1.54) is 5.56 Å². The van der Waals surface area contributed by atoms with Gasteiger partial charge >= 0.3 is 6.03 Å². The van der Waals surface area contributed by atoms with Crippen molar-refractivity contribution in [2.24, 2.45) is 11.7 Å². The third-order valence-electron chi connectivity index (χ3n) is 3.35. The minimum absolute atomic E-state index is 0.449. The maximum atomic E-state index is 11.1. The summed E-state index contributed by atoms with van der Waals surface area (Å²) in [4.78, 5) is 11.1. The van der Waals surface area contributed by atoms with Gasteiger partial charge < -0.3 is 5.73 Å². The quantitative estimate of drug-likeness (QED) is 0.662. The molecule has 2 rings (SSSR count). The Kier molecular flexibility index (Phi) is 4.30. The second kappa shape index (κ2) is 5.81. The van der Waals surface area contributed by atoms with Gasteiger partial charge in [-0.1, -0.05) is 19.9 Å². The molecule has 0 aliphatic heterocycles. The highest BCUT2D eigenvalue weighted by molar-refractivity contribution is 7.17. The first kappa shape index (κ1) is 14.8. The Bertz CT molecular complexity index is 621. The van der Waals surface area contributed by atoms with E-state index in [0.717, 1.165) is 22.1 Å². The molecule has 1 heterocycles. The second-order valence-electron chi connectivity index (χ2n) is 5.48. The molecule has 1 atom stereocenters. The summed E-state index contributed by atoms with van der Waals surface area (Å²) >= 11 is 1.61. The summed E-state index contributed by atoms with van der Waals surface area (Å²) in [5, 5.41) is 13.3. The Morgan fingerprint density at radius 3 is 2.70 bits per heavy atom. The lowest BCUT2D eigenvalue weighted by atomic mass is 9.99. The summed E-state index contributed by atoms with van der Waals surface area (Å²) in [6.45, 7) is 6.13. The lowest BCUT2D eigenvalue weighted by molar-refractivity contribution is -0.0705. The molecule has 1 aromatic heterocycles. The summed E-state index contributed by atoms with van der Waals surface area (Å²) in [6, 6.07) is 5.09. The van der Waals surface area contributed by atoms with Crippen LogP contribution in [0.25, 0.3) is 10.1 Å². The van der Waals surface area contributed by atoms with Gasteiger partial charge in [0.1, 0.15) is 0 Å². The van der Waals surface area contributed by atoms with Gasteiger partial charge in [0.25, 0.3) is 0 Å². The van der Waals surface area contributed by atoms with Crippen molar-refractivity contribution in [1.29, 1.82) is 0 Å². The summed E-state index contributed by atoms with van der Waals surface area (Å²) in [5.41, 5.74) is 7.32. The Hall–Kier alpha value is -1.59. The van der Waals surface area contributed by atoms with Crippen LogP contribution in [0.5, 0.6) is 0 Å². The third kappa shape index (κ3) is 2.94. The number of carbonyl (C=O) groups is 1. The molecule has 0 saturated carbocycles. The Morgan fingerprint density at radius 2 is 2.10 bits per heavy atom. The number of hydrogen-bond donors (Lipinski definition) is 2. The molecule has 4 nitrogen and oxygen atoms in total. The molecule has 20 heavy (non-hydrogen) atoms. The maximum Gasteiger partial charge on any atom is 0.339 e. The van der Waals surface area contributed by atoms with E-state index in [2.05, 4.69) is 32.0 Å². The molecule has 2 aromatic rings.